The Morgan fingerprint density at radius 2 is 1.95 bits per heavy atom. The molecule has 1 saturated heterocycles. The minimum Gasteiger partial charge on any atom is -0.383 e. The van der Waals surface area contributed by atoms with E-state index in [1.165, 1.54) is 0 Å². The fourth-order valence-electron chi connectivity index (χ4n) is 4.71. The number of nitrogens with two attached hydrogens (primary N) is 1. The maximum atomic E-state index is 13.9. The number of rotatable bonds is 11. The van der Waals surface area contributed by atoms with Crippen LogP contribution in [0.4, 0.5) is 5.69 Å². The van der Waals surface area contributed by atoms with Crippen LogP contribution in [0.2, 0.25) is 0 Å². The molecule has 0 radical (unpaired) electrons. The number of anilines is 1. The van der Waals surface area contributed by atoms with Gasteiger partial charge in [-0.05, 0) is 52.5 Å². The molecule has 3 aromatic rings. The highest BCUT2D eigenvalue weighted by molar-refractivity contribution is 7.99. The van der Waals surface area contributed by atoms with Crippen LogP contribution < -0.4 is 11.1 Å². The number of thiol groups is 1. The zero-order valence-electron chi connectivity index (χ0n) is 21.3. The summed E-state index contributed by atoms with van der Waals surface area (Å²) in [7, 11) is 0. The van der Waals surface area contributed by atoms with Gasteiger partial charge in [-0.3, -0.25) is 9.59 Å². The number of hydrogen-bond donors (Lipinski definition) is 3. The lowest BCUT2D eigenvalue weighted by Crippen LogP contribution is -2.58. The monoisotopic (exact) mass is 536 g/mol. The van der Waals surface area contributed by atoms with Gasteiger partial charge in [0.25, 0.3) is 5.91 Å². The van der Waals surface area contributed by atoms with Crippen molar-refractivity contribution in [2.45, 2.75) is 32.0 Å². The van der Waals surface area contributed by atoms with Crippen LogP contribution in [-0.2, 0) is 11.3 Å². The van der Waals surface area contributed by atoms with Crippen LogP contribution in [-0.4, -0.2) is 70.6 Å². The average Bonchev–Trinajstić information content (AvgIpc) is 2.93. The molecular formula is C29H36N4O2S2. The Labute approximate surface area is 229 Å². The van der Waals surface area contributed by atoms with Gasteiger partial charge in [0.15, 0.2) is 0 Å². The van der Waals surface area contributed by atoms with E-state index in [0.717, 1.165) is 33.5 Å². The zero-order chi connectivity index (χ0) is 26.2. The van der Waals surface area contributed by atoms with Crippen molar-refractivity contribution in [2.24, 2.45) is 5.73 Å². The smallest absolute Gasteiger partial charge is 0.255 e. The van der Waals surface area contributed by atoms with Gasteiger partial charge in [0.2, 0.25) is 5.91 Å². The first-order valence-electron chi connectivity index (χ1n) is 12.9. The molecule has 0 aliphatic carbocycles. The van der Waals surface area contributed by atoms with E-state index in [1.807, 2.05) is 71.6 Å². The molecule has 1 aliphatic rings. The van der Waals surface area contributed by atoms with Crippen molar-refractivity contribution in [3.05, 3.63) is 77.9 Å². The van der Waals surface area contributed by atoms with Gasteiger partial charge in [0.1, 0.15) is 6.04 Å². The highest BCUT2D eigenvalue weighted by Gasteiger charge is 2.37. The van der Waals surface area contributed by atoms with E-state index in [2.05, 4.69) is 24.9 Å². The van der Waals surface area contributed by atoms with Gasteiger partial charge in [0, 0.05) is 49.2 Å². The van der Waals surface area contributed by atoms with Gasteiger partial charge in [-0.15, -0.1) is 0 Å². The number of nitrogens with one attached hydrogen (secondary N) is 1. The molecule has 0 spiro atoms. The van der Waals surface area contributed by atoms with E-state index in [-0.39, 0.29) is 17.9 Å². The highest BCUT2D eigenvalue weighted by atomic mass is 32.2. The number of carbonyl (C=O) groups excluding carboxylic acids is 2. The average molecular weight is 537 g/mol. The predicted octanol–water partition coefficient (Wildman–Crippen LogP) is 4.51. The number of nitrogens with zero attached hydrogens (tertiary/aromatic N) is 2. The summed E-state index contributed by atoms with van der Waals surface area (Å²) in [5.74, 6) is 2.39. The first-order chi connectivity index (χ1) is 18.0. The number of fused-ring (bicyclic) bond motifs is 1. The lowest BCUT2D eigenvalue weighted by atomic mass is 10.00. The Morgan fingerprint density at radius 3 is 2.70 bits per heavy atom. The third-order valence-electron chi connectivity index (χ3n) is 6.71. The molecule has 1 heterocycles. The largest absolute Gasteiger partial charge is 0.383 e. The van der Waals surface area contributed by atoms with E-state index in [4.69, 9.17) is 5.73 Å². The number of carbonyl (C=O) groups is 2. The normalized spacial score (nSPS) is 16.7. The second-order valence-corrected chi connectivity index (χ2v) is 11.1. The van der Waals surface area contributed by atoms with Crippen LogP contribution in [0.15, 0.2) is 66.7 Å². The van der Waals surface area contributed by atoms with E-state index in [9.17, 15) is 9.59 Å². The summed E-state index contributed by atoms with van der Waals surface area (Å²) < 4.78 is 0. The topological polar surface area (TPSA) is 78.7 Å². The highest BCUT2D eigenvalue weighted by Crippen LogP contribution is 2.27. The maximum Gasteiger partial charge on any atom is 0.255 e. The van der Waals surface area contributed by atoms with Crippen molar-refractivity contribution in [2.75, 3.05) is 42.2 Å². The summed E-state index contributed by atoms with van der Waals surface area (Å²) in [5, 5.41) is 5.21. The number of hydrogen-bond acceptors (Lipinski definition) is 6. The summed E-state index contributed by atoms with van der Waals surface area (Å²) in [6.45, 7) is 4.36. The summed E-state index contributed by atoms with van der Waals surface area (Å²) in [6.07, 6.45) is 0.651. The molecule has 0 bridgehead atoms. The minimum atomic E-state index is -0.456. The second kappa shape index (κ2) is 13.2. The number of piperazine rings is 1. The molecule has 2 amide bonds. The van der Waals surface area contributed by atoms with Crippen LogP contribution in [0.1, 0.15) is 29.3 Å². The molecule has 6 nitrogen and oxygen atoms in total. The van der Waals surface area contributed by atoms with E-state index < -0.39 is 6.04 Å². The van der Waals surface area contributed by atoms with Gasteiger partial charge in [-0.1, -0.05) is 55.5 Å². The Hall–Kier alpha value is -2.68. The standard InChI is InChI=1S/C29H36N4O2S2/c1-2-37-16-13-27-29(35)32(19-21-7-4-3-5-8-21)14-15-33(27)28(34)26-10-6-9-22-17-24(11-12-25(22)26)31-18-23(30)20-36/h3-12,17,23,27,31,36H,2,13-16,18-20,30H2,1H3/t23-,27+/m1/s1. The van der Waals surface area contributed by atoms with Gasteiger partial charge < -0.3 is 20.9 Å². The molecule has 0 unspecified atom stereocenters. The Balaban J connectivity index is 1.56. The molecule has 0 aromatic heterocycles. The first kappa shape index (κ1) is 27.4. The van der Waals surface area contributed by atoms with Crippen molar-refractivity contribution >= 4 is 52.7 Å². The van der Waals surface area contributed by atoms with Crippen LogP contribution in [0.25, 0.3) is 10.8 Å². The Morgan fingerprint density at radius 1 is 1.14 bits per heavy atom. The third kappa shape index (κ3) is 6.80. The molecule has 196 valence electrons. The van der Waals surface area contributed by atoms with Crippen molar-refractivity contribution < 1.29 is 9.59 Å². The summed E-state index contributed by atoms with van der Waals surface area (Å²) >= 11 is 6.04. The molecule has 8 heteroatoms. The molecule has 1 aliphatic heterocycles. The SMILES string of the molecule is CCSCC[C@H]1C(=O)N(Cc2ccccc2)CCN1C(=O)c1cccc2cc(NC[C@@H](N)CS)ccc12. The molecule has 0 saturated carbocycles. The number of benzene rings is 3. The number of amides is 2. The quantitative estimate of drug-likeness (QED) is 0.248. The molecule has 2 atom stereocenters. The fourth-order valence-corrected chi connectivity index (χ4v) is 5.52. The van der Waals surface area contributed by atoms with Crippen molar-refractivity contribution in [3.8, 4) is 0 Å². The van der Waals surface area contributed by atoms with Gasteiger partial charge in [-0.2, -0.15) is 24.4 Å². The molecule has 37 heavy (non-hydrogen) atoms. The molecule has 1 fully saturated rings. The fraction of sp³-hybridized carbons (Fsp3) is 0.379. The van der Waals surface area contributed by atoms with Crippen LogP contribution in [0, 0.1) is 0 Å². The third-order valence-corrected chi connectivity index (χ3v) is 8.12. The van der Waals surface area contributed by atoms with Crippen molar-refractivity contribution in [1.29, 1.82) is 0 Å². The van der Waals surface area contributed by atoms with Crippen LogP contribution >= 0.6 is 24.4 Å². The molecule has 3 N–H and O–H groups in total. The van der Waals surface area contributed by atoms with Crippen LogP contribution in [0.3, 0.4) is 0 Å². The Bertz CT molecular complexity index is 1210. The predicted molar refractivity (Wildman–Crippen MR) is 159 cm³/mol. The van der Waals surface area contributed by atoms with E-state index in [1.54, 1.807) is 16.7 Å². The molecule has 3 aromatic carbocycles. The summed E-state index contributed by atoms with van der Waals surface area (Å²) in [4.78, 5) is 31.2. The lowest BCUT2D eigenvalue weighted by molar-refractivity contribution is -0.141. The molecular weight excluding hydrogens is 500 g/mol. The minimum absolute atomic E-state index is 0.0344. The lowest BCUT2D eigenvalue weighted by Gasteiger charge is -2.41. The van der Waals surface area contributed by atoms with Gasteiger partial charge in [-0.25, -0.2) is 0 Å². The van der Waals surface area contributed by atoms with E-state index >= 15 is 0 Å². The zero-order valence-corrected chi connectivity index (χ0v) is 23.0. The summed E-state index contributed by atoms with van der Waals surface area (Å²) in [6, 6.07) is 21.3. The first-order valence-corrected chi connectivity index (χ1v) is 14.6. The van der Waals surface area contributed by atoms with E-state index in [0.29, 0.717) is 43.9 Å². The number of thioether (sulfide) groups is 1. The summed E-state index contributed by atoms with van der Waals surface area (Å²) in [5.41, 5.74) is 8.67. The molecule has 4 rings (SSSR count). The van der Waals surface area contributed by atoms with Gasteiger partial charge in [0.05, 0.1) is 0 Å². The van der Waals surface area contributed by atoms with Crippen LogP contribution in [0.5, 0.6) is 0 Å². The second-order valence-electron chi connectivity index (χ2n) is 9.31. The Kier molecular flexibility index (Phi) is 9.77. The van der Waals surface area contributed by atoms with Crippen molar-refractivity contribution in [1.82, 2.24) is 9.80 Å². The maximum absolute atomic E-state index is 13.9. The van der Waals surface area contributed by atoms with Gasteiger partial charge >= 0.3 is 0 Å². The van der Waals surface area contributed by atoms with Crippen molar-refractivity contribution in [3.63, 3.8) is 0 Å².